The van der Waals surface area contributed by atoms with Crippen molar-refractivity contribution in [3.8, 4) is 5.75 Å². The zero-order valence-electron chi connectivity index (χ0n) is 13.3. The molecule has 0 atom stereocenters. The van der Waals surface area contributed by atoms with E-state index in [9.17, 15) is 0 Å². The highest BCUT2D eigenvalue weighted by molar-refractivity contribution is 5.48. The van der Waals surface area contributed by atoms with Crippen molar-refractivity contribution in [3.05, 3.63) is 36.2 Å². The van der Waals surface area contributed by atoms with Crippen LogP contribution >= 0.6 is 0 Å². The Labute approximate surface area is 126 Å². The molecule has 0 bridgehead atoms. The monoisotopic (exact) mass is 288 g/mol. The van der Waals surface area contributed by atoms with E-state index in [-0.39, 0.29) is 0 Å². The average Bonchev–Trinajstić information content (AvgIpc) is 2.84. The third-order valence-corrected chi connectivity index (χ3v) is 3.24. The molecule has 5 heteroatoms. The second-order valence-corrected chi connectivity index (χ2v) is 5.23. The van der Waals surface area contributed by atoms with Gasteiger partial charge in [-0.05, 0) is 18.6 Å². The van der Waals surface area contributed by atoms with Crippen LogP contribution in [0, 0.1) is 0 Å². The van der Waals surface area contributed by atoms with Crippen LogP contribution in [0.15, 0.2) is 30.5 Å². The van der Waals surface area contributed by atoms with Crippen molar-refractivity contribution < 1.29 is 4.74 Å². The molecule has 0 saturated carbocycles. The lowest BCUT2D eigenvalue weighted by Crippen LogP contribution is -2.15. The number of ether oxygens (including phenoxy) is 1. The van der Waals surface area contributed by atoms with Gasteiger partial charge in [0, 0.05) is 32.9 Å². The Bertz CT molecular complexity index is 577. The Kier molecular flexibility index (Phi) is 5.09. The van der Waals surface area contributed by atoms with Crippen LogP contribution in [-0.4, -0.2) is 30.3 Å². The van der Waals surface area contributed by atoms with Gasteiger partial charge in [-0.2, -0.15) is 0 Å². The minimum Gasteiger partial charge on any atom is -0.494 e. The molecule has 0 spiro atoms. The molecule has 2 aromatic rings. The Morgan fingerprint density at radius 3 is 2.81 bits per heavy atom. The molecule has 1 aromatic carbocycles. The highest BCUT2D eigenvalue weighted by Crippen LogP contribution is 2.19. The van der Waals surface area contributed by atoms with E-state index >= 15 is 0 Å². The Hall–Kier alpha value is -2.17. The first kappa shape index (κ1) is 15.2. The number of hydrogen-bond donors (Lipinski definition) is 1. The quantitative estimate of drug-likeness (QED) is 0.850. The summed E-state index contributed by atoms with van der Waals surface area (Å²) in [6.07, 6.45) is 2.92. The number of nitrogens with zero attached hydrogens (tertiary/aromatic N) is 3. The lowest BCUT2D eigenvalue weighted by Gasteiger charge is -2.13. The third-order valence-electron chi connectivity index (χ3n) is 3.24. The number of hydrogen-bond acceptors (Lipinski definition) is 4. The lowest BCUT2D eigenvalue weighted by molar-refractivity contribution is 0.317. The Morgan fingerprint density at radius 2 is 2.14 bits per heavy atom. The molecular weight excluding hydrogens is 264 g/mol. The second-order valence-electron chi connectivity index (χ2n) is 5.23. The molecule has 0 aliphatic carbocycles. The van der Waals surface area contributed by atoms with Gasteiger partial charge in [-0.3, -0.25) is 0 Å². The van der Waals surface area contributed by atoms with Crippen LogP contribution in [0.3, 0.4) is 0 Å². The second kappa shape index (κ2) is 7.02. The number of nitrogens with one attached hydrogen (secondary N) is 1. The van der Waals surface area contributed by atoms with Crippen molar-refractivity contribution in [2.45, 2.75) is 19.9 Å². The fourth-order valence-electron chi connectivity index (χ4n) is 2.12. The van der Waals surface area contributed by atoms with Crippen molar-refractivity contribution in [1.82, 2.24) is 9.55 Å². The van der Waals surface area contributed by atoms with Gasteiger partial charge in [0.15, 0.2) is 0 Å². The number of rotatable bonds is 7. The molecule has 0 radical (unpaired) electrons. The maximum Gasteiger partial charge on any atom is 0.204 e. The van der Waals surface area contributed by atoms with Crippen molar-refractivity contribution in [2.75, 3.05) is 30.9 Å². The third kappa shape index (κ3) is 3.90. The normalized spacial score (nSPS) is 10.5. The summed E-state index contributed by atoms with van der Waals surface area (Å²) in [6.45, 7) is 3.58. The molecule has 0 aliphatic heterocycles. The minimum atomic E-state index is 0.731. The predicted octanol–water partition coefficient (Wildman–Crippen LogP) is 2.89. The van der Waals surface area contributed by atoms with Gasteiger partial charge in [0.05, 0.1) is 25.0 Å². The van der Waals surface area contributed by atoms with E-state index in [4.69, 9.17) is 4.74 Å². The summed E-state index contributed by atoms with van der Waals surface area (Å²) >= 11 is 0. The van der Waals surface area contributed by atoms with E-state index in [0.29, 0.717) is 0 Å². The Balaban J connectivity index is 1.99. The van der Waals surface area contributed by atoms with Gasteiger partial charge in [-0.1, -0.05) is 13.0 Å². The van der Waals surface area contributed by atoms with Crippen LogP contribution in [0.25, 0.3) is 0 Å². The maximum absolute atomic E-state index is 5.64. The summed E-state index contributed by atoms with van der Waals surface area (Å²) in [7, 11) is 6.02. The fourth-order valence-corrected chi connectivity index (χ4v) is 2.12. The van der Waals surface area contributed by atoms with E-state index in [1.165, 1.54) is 0 Å². The summed E-state index contributed by atoms with van der Waals surface area (Å²) in [6, 6.07) is 8.05. The van der Waals surface area contributed by atoms with Gasteiger partial charge in [-0.15, -0.1) is 0 Å². The molecule has 0 fully saturated rings. The van der Waals surface area contributed by atoms with E-state index in [0.717, 1.165) is 42.7 Å². The molecule has 2 rings (SSSR count). The van der Waals surface area contributed by atoms with Crippen LogP contribution in [0.5, 0.6) is 5.75 Å². The minimum absolute atomic E-state index is 0.731. The van der Waals surface area contributed by atoms with Crippen molar-refractivity contribution in [2.24, 2.45) is 7.05 Å². The number of imidazole rings is 1. The number of anilines is 2. The first-order valence-electron chi connectivity index (χ1n) is 7.26. The average molecular weight is 288 g/mol. The largest absolute Gasteiger partial charge is 0.494 e. The van der Waals surface area contributed by atoms with Gasteiger partial charge in [0.25, 0.3) is 0 Å². The zero-order chi connectivity index (χ0) is 15.2. The fraction of sp³-hybridized carbons (Fsp3) is 0.438. The van der Waals surface area contributed by atoms with Gasteiger partial charge >= 0.3 is 0 Å². The van der Waals surface area contributed by atoms with Crippen molar-refractivity contribution in [1.29, 1.82) is 0 Å². The molecule has 0 aliphatic rings. The van der Waals surface area contributed by atoms with Gasteiger partial charge in [0.1, 0.15) is 5.75 Å². The van der Waals surface area contributed by atoms with Crippen LogP contribution < -0.4 is 15.0 Å². The number of benzene rings is 1. The Morgan fingerprint density at radius 1 is 1.33 bits per heavy atom. The molecule has 5 nitrogen and oxygen atoms in total. The van der Waals surface area contributed by atoms with Crippen LogP contribution in [0.1, 0.15) is 19.0 Å². The standard InChI is InChI=1S/C16H24N4O/c1-5-9-21-15-8-6-7-13(10-15)17-11-14-12-18-16(19(2)3)20(14)4/h6-8,10,12,17H,5,9,11H2,1-4H3. The summed E-state index contributed by atoms with van der Waals surface area (Å²) < 4.78 is 7.73. The summed E-state index contributed by atoms with van der Waals surface area (Å²) in [4.78, 5) is 6.41. The van der Waals surface area contributed by atoms with Crippen LogP contribution in [0.4, 0.5) is 11.6 Å². The van der Waals surface area contributed by atoms with E-state index in [1.807, 2.05) is 56.5 Å². The SMILES string of the molecule is CCCOc1cccc(NCc2cnc(N(C)C)n2C)c1. The van der Waals surface area contributed by atoms with Gasteiger partial charge in [-0.25, -0.2) is 4.98 Å². The zero-order valence-corrected chi connectivity index (χ0v) is 13.3. The van der Waals surface area contributed by atoms with Crippen LogP contribution in [0.2, 0.25) is 0 Å². The molecule has 114 valence electrons. The summed E-state index contributed by atoms with van der Waals surface area (Å²) in [5, 5.41) is 3.41. The molecular formula is C16H24N4O. The molecule has 1 aromatic heterocycles. The molecule has 0 saturated heterocycles. The number of aromatic nitrogens is 2. The molecule has 1 N–H and O–H groups in total. The molecule has 21 heavy (non-hydrogen) atoms. The van der Waals surface area contributed by atoms with E-state index in [1.54, 1.807) is 0 Å². The van der Waals surface area contributed by atoms with Crippen molar-refractivity contribution in [3.63, 3.8) is 0 Å². The molecule has 0 amide bonds. The highest BCUT2D eigenvalue weighted by Gasteiger charge is 2.07. The summed E-state index contributed by atoms with van der Waals surface area (Å²) in [5.41, 5.74) is 2.19. The van der Waals surface area contributed by atoms with Crippen molar-refractivity contribution >= 4 is 11.6 Å². The first-order chi connectivity index (χ1) is 10.1. The van der Waals surface area contributed by atoms with Gasteiger partial charge in [0.2, 0.25) is 5.95 Å². The topological polar surface area (TPSA) is 42.3 Å². The van der Waals surface area contributed by atoms with E-state index in [2.05, 4.69) is 21.8 Å². The van der Waals surface area contributed by atoms with Crippen LogP contribution in [-0.2, 0) is 13.6 Å². The maximum atomic E-state index is 5.64. The summed E-state index contributed by atoms with van der Waals surface area (Å²) in [5.74, 6) is 1.85. The predicted molar refractivity (Wildman–Crippen MR) is 87.1 cm³/mol. The first-order valence-corrected chi connectivity index (χ1v) is 7.26. The molecule has 0 unspecified atom stereocenters. The molecule has 1 heterocycles. The van der Waals surface area contributed by atoms with Gasteiger partial charge < -0.3 is 19.5 Å². The lowest BCUT2D eigenvalue weighted by atomic mass is 10.3. The highest BCUT2D eigenvalue weighted by atomic mass is 16.5. The smallest absolute Gasteiger partial charge is 0.204 e. The van der Waals surface area contributed by atoms with E-state index < -0.39 is 0 Å².